The van der Waals surface area contributed by atoms with E-state index in [9.17, 15) is 0 Å². The maximum absolute atomic E-state index is 2.41. The molecule has 0 spiro atoms. The molecule has 0 heterocycles. The van der Waals surface area contributed by atoms with Crippen LogP contribution >= 0.6 is 0 Å². The molecular weight excluding hydrogens is 264 g/mol. The van der Waals surface area contributed by atoms with Crippen LogP contribution in [-0.4, -0.2) is 0 Å². The molecule has 0 atom stereocenters. The van der Waals surface area contributed by atoms with Crippen LogP contribution < -0.4 is 0 Å². The van der Waals surface area contributed by atoms with E-state index < -0.39 is 0 Å². The highest BCUT2D eigenvalue weighted by atomic mass is 14.3. The van der Waals surface area contributed by atoms with Gasteiger partial charge in [-0.15, -0.1) is 0 Å². The van der Waals surface area contributed by atoms with Crippen LogP contribution in [0, 0.1) is 17.8 Å². The van der Waals surface area contributed by atoms with Crippen LogP contribution in [0.5, 0.6) is 0 Å². The molecule has 1 aromatic rings. The maximum Gasteiger partial charge on any atom is -0.0162 e. The minimum atomic E-state index is 0.812. The van der Waals surface area contributed by atoms with Crippen molar-refractivity contribution in [3.05, 3.63) is 47.2 Å². The van der Waals surface area contributed by atoms with E-state index in [2.05, 4.69) is 38.1 Å². The Labute approximate surface area is 137 Å². The number of hydrogen-bond donors (Lipinski definition) is 0. The number of aryl methyl sites for hydroxylation is 1. The molecule has 0 aliphatic heterocycles. The number of rotatable bonds is 4. The van der Waals surface area contributed by atoms with Crippen molar-refractivity contribution >= 4 is 0 Å². The lowest BCUT2D eigenvalue weighted by atomic mass is 9.79. The van der Waals surface area contributed by atoms with Gasteiger partial charge in [0, 0.05) is 0 Å². The lowest BCUT2D eigenvalue weighted by Gasteiger charge is -2.26. The van der Waals surface area contributed by atoms with Crippen molar-refractivity contribution < 1.29 is 0 Å². The third kappa shape index (κ3) is 4.37. The summed E-state index contributed by atoms with van der Waals surface area (Å²) >= 11 is 0. The highest BCUT2D eigenvalue weighted by Crippen LogP contribution is 2.37. The summed E-state index contributed by atoms with van der Waals surface area (Å²) in [6.07, 6.45) is 13.6. The first kappa shape index (κ1) is 16.1. The van der Waals surface area contributed by atoms with Gasteiger partial charge in [0.05, 0.1) is 0 Å². The molecule has 2 radical (unpaired) electrons. The average Bonchev–Trinajstić information content (AvgIpc) is 2.56. The van der Waals surface area contributed by atoms with Gasteiger partial charge in [0.2, 0.25) is 0 Å². The topological polar surface area (TPSA) is 0 Å². The first-order valence-corrected chi connectivity index (χ1v) is 9.44. The smallest absolute Gasteiger partial charge is 0.0162 e. The zero-order chi connectivity index (χ0) is 15.4. The van der Waals surface area contributed by atoms with E-state index in [4.69, 9.17) is 0 Å². The number of hydrogen-bond acceptors (Lipinski definition) is 0. The Bertz CT molecular complexity index is 428. The van der Waals surface area contributed by atoms with E-state index in [-0.39, 0.29) is 0 Å². The minimum absolute atomic E-state index is 0.812. The third-order valence-corrected chi connectivity index (χ3v) is 6.04. The predicted molar refractivity (Wildman–Crippen MR) is 95.8 cm³/mol. The maximum atomic E-state index is 2.41. The minimum Gasteiger partial charge on any atom is -0.0625 e. The summed E-state index contributed by atoms with van der Waals surface area (Å²) in [6, 6.07) is 9.61. The van der Waals surface area contributed by atoms with E-state index >= 15 is 0 Å². The van der Waals surface area contributed by atoms with Crippen molar-refractivity contribution in [3.63, 3.8) is 0 Å². The molecular formula is C22H32. The molecule has 0 heteroatoms. The van der Waals surface area contributed by atoms with Gasteiger partial charge in [0.25, 0.3) is 0 Å². The highest BCUT2D eigenvalue weighted by molar-refractivity contribution is 5.26. The SMILES string of the molecule is C[C]1CCC(c2ccc(CC[C]3CCC(C)CC3)cc2)CC1. The molecule has 0 amide bonds. The van der Waals surface area contributed by atoms with Crippen molar-refractivity contribution in [2.24, 2.45) is 5.92 Å². The van der Waals surface area contributed by atoms with Crippen molar-refractivity contribution in [1.29, 1.82) is 0 Å². The fourth-order valence-electron chi connectivity index (χ4n) is 4.14. The first-order valence-electron chi connectivity index (χ1n) is 9.44. The zero-order valence-electron chi connectivity index (χ0n) is 14.5. The van der Waals surface area contributed by atoms with E-state index in [1.807, 2.05) is 5.92 Å². The van der Waals surface area contributed by atoms with Gasteiger partial charge >= 0.3 is 0 Å². The van der Waals surface area contributed by atoms with Crippen LogP contribution in [0.2, 0.25) is 0 Å². The van der Waals surface area contributed by atoms with Crippen molar-refractivity contribution in [1.82, 2.24) is 0 Å². The Hall–Kier alpha value is -0.780. The second-order valence-electron chi connectivity index (χ2n) is 7.91. The van der Waals surface area contributed by atoms with E-state index in [1.165, 1.54) is 69.8 Å². The van der Waals surface area contributed by atoms with Gasteiger partial charge < -0.3 is 0 Å². The Balaban J connectivity index is 1.47. The molecule has 3 rings (SSSR count). The fraction of sp³-hybridized carbons (Fsp3) is 0.636. The molecule has 0 N–H and O–H groups in total. The molecule has 2 saturated carbocycles. The predicted octanol–water partition coefficient (Wildman–Crippen LogP) is 6.66. The lowest BCUT2D eigenvalue weighted by Crippen LogP contribution is -2.11. The Morgan fingerprint density at radius 1 is 0.818 bits per heavy atom. The Morgan fingerprint density at radius 2 is 1.45 bits per heavy atom. The standard InChI is InChI=1S/C22H32/c1-17-3-7-19(8-4-17)9-10-20-11-15-22(16-12-20)21-13-5-18(2)6-14-21/h11-12,15-17,21H,3-10,13-14H2,1-2H3. The van der Waals surface area contributed by atoms with Crippen LogP contribution in [0.1, 0.15) is 88.7 Å². The van der Waals surface area contributed by atoms with E-state index in [0.29, 0.717) is 0 Å². The highest BCUT2D eigenvalue weighted by Gasteiger charge is 2.20. The summed E-state index contributed by atoms with van der Waals surface area (Å²) in [7, 11) is 0. The molecule has 0 aromatic heterocycles. The first-order chi connectivity index (χ1) is 10.7. The van der Waals surface area contributed by atoms with Gasteiger partial charge in [-0.3, -0.25) is 0 Å². The molecule has 0 unspecified atom stereocenters. The normalized spacial score (nSPS) is 23.0. The summed E-state index contributed by atoms with van der Waals surface area (Å²) in [5, 5.41) is 0. The van der Waals surface area contributed by atoms with Crippen LogP contribution in [0.25, 0.3) is 0 Å². The van der Waals surface area contributed by atoms with Gasteiger partial charge in [-0.25, -0.2) is 0 Å². The monoisotopic (exact) mass is 296 g/mol. The quantitative estimate of drug-likeness (QED) is 0.583. The molecule has 0 saturated heterocycles. The van der Waals surface area contributed by atoms with E-state index in [1.54, 1.807) is 11.5 Å². The molecule has 2 aliphatic carbocycles. The average molecular weight is 296 g/mol. The summed E-state index contributed by atoms with van der Waals surface area (Å²) in [4.78, 5) is 0. The lowest BCUT2D eigenvalue weighted by molar-refractivity contribution is 0.394. The second-order valence-corrected chi connectivity index (χ2v) is 7.91. The van der Waals surface area contributed by atoms with Gasteiger partial charge in [0.15, 0.2) is 0 Å². The van der Waals surface area contributed by atoms with E-state index in [0.717, 1.165) is 11.8 Å². The third-order valence-electron chi connectivity index (χ3n) is 6.04. The molecule has 0 nitrogen and oxygen atoms in total. The van der Waals surface area contributed by atoms with Gasteiger partial charge in [-0.2, -0.15) is 0 Å². The number of benzene rings is 1. The van der Waals surface area contributed by atoms with Crippen LogP contribution in [0.3, 0.4) is 0 Å². The molecule has 0 bridgehead atoms. The summed E-state index contributed by atoms with van der Waals surface area (Å²) < 4.78 is 0. The van der Waals surface area contributed by atoms with Gasteiger partial charge in [-0.05, 0) is 86.2 Å². The van der Waals surface area contributed by atoms with Crippen molar-refractivity contribution in [3.8, 4) is 0 Å². The fourth-order valence-corrected chi connectivity index (χ4v) is 4.14. The van der Waals surface area contributed by atoms with Gasteiger partial charge in [-0.1, -0.05) is 51.0 Å². The Kier molecular flexibility index (Phi) is 5.61. The summed E-state index contributed by atoms with van der Waals surface area (Å²) in [6.45, 7) is 4.73. The van der Waals surface area contributed by atoms with Gasteiger partial charge in [0.1, 0.15) is 0 Å². The molecule has 2 aliphatic rings. The summed E-state index contributed by atoms with van der Waals surface area (Å²) in [5.74, 6) is 5.29. The molecule has 22 heavy (non-hydrogen) atoms. The molecule has 120 valence electrons. The van der Waals surface area contributed by atoms with Crippen molar-refractivity contribution in [2.45, 2.75) is 84.0 Å². The Morgan fingerprint density at radius 3 is 2.09 bits per heavy atom. The summed E-state index contributed by atoms with van der Waals surface area (Å²) in [5.41, 5.74) is 3.11. The van der Waals surface area contributed by atoms with Crippen LogP contribution in [0.4, 0.5) is 0 Å². The molecule has 2 fully saturated rings. The second kappa shape index (κ2) is 7.66. The van der Waals surface area contributed by atoms with Crippen LogP contribution in [-0.2, 0) is 6.42 Å². The largest absolute Gasteiger partial charge is 0.0625 e. The van der Waals surface area contributed by atoms with Crippen molar-refractivity contribution in [2.75, 3.05) is 0 Å². The zero-order valence-corrected chi connectivity index (χ0v) is 14.5. The molecule has 1 aromatic carbocycles. The van der Waals surface area contributed by atoms with Crippen LogP contribution in [0.15, 0.2) is 24.3 Å².